The number of hydrogen-bond acceptors (Lipinski definition) is 3. The van der Waals surface area contributed by atoms with Gasteiger partial charge in [0, 0.05) is 25.7 Å². The molecule has 0 aromatic rings. The van der Waals surface area contributed by atoms with Crippen LogP contribution >= 0.6 is 0 Å². The van der Waals surface area contributed by atoms with Gasteiger partial charge < -0.3 is 10.5 Å². The van der Waals surface area contributed by atoms with Crippen LogP contribution in [0.3, 0.4) is 0 Å². The van der Waals surface area contributed by atoms with Gasteiger partial charge in [-0.15, -0.1) is 0 Å². The number of rotatable bonds is 3. The van der Waals surface area contributed by atoms with E-state index in [1.165, 1.54) is 0 Å². The zero-order valence-corrected chi connectivity index (χ0v) is 8.57. The second-order valence-corrected chi connectivity index (χ2v) is 3.52. The van der Waals surface area contributed by atoms with Crippen molar-refractivity contribution in [2.75, 3.05) is 26.2 Å². The Labute approximate surface area is 80.5 Å². The SMILES string of the molecule is CC1OCCN(C/C=C/CN)C1C. The Morgan fingerprint density at radius 1 is 1.46 bits per heavy atom. The fourth-order valence-electron chi connectivity index (χ4n) is 1.56. The predicted octanol–water partition coefficient (Wildman–Crippen LogP) is 0.611. The van der Waals surface area contributed by atoms with Crippen LogP contribution in [-0.2, 0) is 4.74 Å². The predicted molar refractivity (Wildman–Crippen MR) is 54.6 cm³/mol. The van der Waals surface area contributed by atoms with Crippen LogP contribution in [0.2, 0.25) is 0 Å². The molecule has 0 aromatic carbocycles. The summed E-state index contributed by atoms with van der Waals surface area (Å²) < 4.78 is 5.54. The Balaban J connectivity index is 2.35. The standard InChI is InChI=1S/C10H20N2O/c1-9-10(2)13-8-7-12(9)6-4-3-5-11/h3-4,9-10H,5-8,11H2,1-2H3/b4-3+. The zero-order chi connectivity index (χ0) is 9.68. The largest absolute Gasteiger partial charge is 0.376 e. The first-order valence-corrected chi connectivity index (χ1v) is 4.96. The molecule has 1 rings (SSSR count). The molecule has 13 heavy (non-hydrogen) atoms. The lowest BCUT2D eigenvalue weighted by Gasteiger charge is -2.37. The summed E-state index contributed by atoms with van der Waals surface area (Å²) in [5, 5.41) is 0. The molecule has 1 fully saturated rings. The van der Waals surface area contributed by atoms with Crippen molar-refractivity contribution < 1.29 is 4.74 Å². The molecule has 1 aliphatic heterocycles. The van der Waals surface area contributed by atoms with Gasteiger partial charge in [-0.25, -0.2) is 0 Å². The van der Waals surface area contributed by atoms with Crippen molar-refractivity contribution in [1.29, 1.82) is 0 Å². The monoisotopic (exact) mass is 184 g/mol. The summed E-state index contributed by atoms with van der Waals surface area (Å²) in [6.07, 6.45) is 4.49. The molecule has 1 aliphatic rings. The highest BCUT2D eigenvalue weighted by Gasteiger charge is 2.23. The van der Waals surface area contributed by atoms with Crippen molar-refractivity contribution >= 4 is 0 Å². The number of hydrogen-bond donors (Lipinski definition) is 1. The molecule has 0 aliphatic carbocycles. The van der Waals surface area contributed by atoms with Crippen LogP contribution < -0.4 is 5.73 Å². The summed E-state index contributed by atoms with van der Waals surface area (Å²) in [4.78, 5) is 2.42. The molecule has 2 atom stereocenters. The Kier molecular flexibility index (Phi) is 4.42. The van der Waals surface area contributed by atoms with Crippen LogP contribution in [0.4, 0.5) is 0 Å². The first kappa shape index (κ1) is 10.7. The van der Waals surface area contributed by atoms with Crippen LogP contribution in [-0.4, -0.2) is 43.3 Å². The minimum atomic E-state index is 0.347. The van der Waals surface area contributed by atoms with E-state index in [0.29, 0.717) is 18.7 Å². The average molecular weight is 184 g/mol. The van der Waals surface area contributed by atoms with Crippen LogP contribution in [0.1, 0.15) is 13.8 Å². The van der Waals surface area contributed by atoms with E-state index in [2.05, 4.69) is 24.8 Å². The van der Waals surface area contributed by atoms with Gasteiger partial charge in [0.1, 0.15) is 0 Å². The van der Waals surface area contributed by atoms with Crippen molar-refractivity contribution in [2.24, 2.45) is 5.73 Å². The lowest BCUT2D eigenvalue weighted by atomic mass is 10.1. The topological polar surface area (TPSA) is 38.5 Å². The van der Waals surface area contributed by atoms with E-state index in [-0.39, 0.29) is 0 Å². The highest BCUT2D eigenvalue weighted by atomic mass is 16.5. The maximum atomic E-state index is 5.54. The summed E-state index contributed by atoms with van der Waals surface area (Å²) in [6, 6.07) is 0.510. The maximum Gasteiger partial charge on any atom is 0.0700 e. The van der Waals surface area contributed by atoms with E-state index in [1.807, 2.05) is 6.08 Å². The fraction of sp³-hybridized carbons (Fsp3) is 0.800. The number of ether oxygens (including phenoxy) is 1. The summed E-state index contributed by atoms with van der Waals surface area (Å²) in [5.74, 6) is 0. The molecule has 3 heteroatoms. The molecule has 0 aromatic heterocycles. The number of nitrogens with zero attached hydrogens (tertiary/aromatic N) is 1. The van der Waals surface area contributed by atoms with Gasteiger partial charge in [-0.05, 0) is 13.8 Å². The van der Waals surface area contributed by atoms with E-state index in [9.17, 15) is 0 Å². The maximum absolute atomic E-state index is 5.54. The van der Waals surface area contributed by atoms with Gasteiger partial charge in [-0.1, -0.05) is 12.2 Å². The molecule has 0 amide bonds. The number of morpholine rings is 1. The van der Waals surface area contributed by atoms with Crippen molar-refractivity contribution in [1.82, 2.24) is 4.90 Å². The second-order valence-electron chi connectivity index (χ2n) is 3.52. The first-order valence-electron chi connectivity index (χ1n) is 4.96. The normalized spacial score (nSPS) is 31.3. The van der Waals surface area contributed by atoms with Gasteiger partial charge in [0.2, 0.25) is 0 Å². The van der Waals surface area contributed by atoms with E-state index in [4.69, 9.17) is 10.5 Å². The minimum absolute atomic E-state index is 0.347. The number of nitrogens with two attached hydrogens (primary N) is 1. The van der Waals surface area contributed by atoms with E-state index in [0.717, 1.165) is 19.7 Å². The zero-order valence-electron chi connectivity index (χ0n) is 8.57. The fourth-order valence-corrected chi connectivity index (χ4v) is 1.56. The van der Waals surface area contributed by atoms with E-state index >= 15 is 0 Å². The molecule has 0 bridgehead atoms. The Morgan fingerprint density at radius 3 is 2.92 bits per heavy atom. The van der Waals surface area contributed by atoms with E-state index < -0.39 is 0 Å². The van der Waals surface area contributed by atoms with Crippen molar-refractivity contribution in [3.63, 3.8) is 0 Å². The van der Waals surface area contributed by atoms with Gasteiger partial charge in [0.05, 0.1) is 12.7 Å². The molecule has 76 valence electrons. The lowest BCUT2D eigenvalue weighted by molar-refractivity contribution is -0.0507. The smallest absolute Gasteiger partial charge is 0.0700 e. The Hall–Kier alpha value is -0.380. The molecular formula is C10H20N2O. The molecular weight excluding hydrogens is 164 g/mol. The van der Waals surface area contributed by atoms with Crippen LogP contribution in [0.25, 0.3) is 0 Å². The third-order valence-corrected chi connectivity index (χ3v) is 2.66. The Bertz CT molecular complexity index is 170. The lowest BCUT2D eigenvalue weighted by Crippen LogP contribution is -2.48. The average Bonchev–Trinajstić information content (AvgIpc) is 2.13. The first-order chi connectivity index (χ1) is 6.25. The molecule has 2 N–H and O–H groups in total. The highest BCUT2D eigenvalue weighted by molar-refractivity contribution is 4.89. The van der Waals surface area contributed by atoms with Gasteiger partial charge in [0.25, 0.3) is 0 Å². The summed E-state index contributed by atoms with van der Waals surface area (Å²) in [5.41, 5.74) is 5.38. The van der Waals surface area contributed by atoms with E-state index in [1.54, 1.807) is 0 Å². The highest BCUT2D eigenvalue weighted by Crippen LogP contribution is 2.12. The van der Waals surface area contributed by atoms with Crippen molar-refractivity contribution in [3.8, 4) is 0 Å². The summed E-state index contributed by atoms with van der Waals surface area (Å²) >= 11 is 0. The van der Waals surface area contributed by atoms with Crippen LogP contribution in [0.5, 0.6) is 0 Å². The van der Waals surface area contributed by atoms with Gasteiger partial charge in [-0.3, -0.25) is 4.90 Å². The second kappa shape index (κ2) is 5.37. The van der Waals surface area contributed by atoms with Gasteiger partial charge >= 0.3 is 0 Å². The van der Waals surface area contributed by atoms with Crippen LogP contribution in [0.15, 0.2) is 12.2 Å². The minimum Gasteiger partial charge on any atom is -0.376 e. The van der Waals surface area contributed by atoms with Crippen LogP contribution in [0, 0.1) is 0 Å². The molecule has 2 unspecified atom stereocenters. The molecule has 3 nitrogen and oxygen atoms in total. The molecule has 1 heterocycles. The Morgan fingerprint density at radius 2 is 2.23 bits per heavy atom. The molecule has 0 radical (unpaired) electrons. The molecule has 1 saturated heterocycles. The van der Waals surface area contributed by atoms with Gasteiger partial charge in [-0.2, -0.15) is 0 Å². The molecule has 0 saturated carbocycles. The summed E-state index contributed by atoms with van der Waals surface area (Å²) in [6.45, 7) is 7.84. The van der Waals surface area contributed by atoms with Gasteiger partial charge in [0.15, 0.2) is 0 Å². The third kappa shape index (κ3) is 3.10. The quantitative estimate of drug-likeness (QED) is 0.653. The third-order valence-electron chi connectivity index (χ3n) is 2.66. The molecule has 0 spiro atoms. The summed E-state index contributed by atoms with van der Waals surface area (Å²) in [7, 11) is 0. The van der Waals surface area contributed by atoms with Crippen molar-refractivity contribution in [3.05, 3.63) is 12.2 Å². The van der Waals surface area contributed by atoms with Crippen molar-refractivity contribution in [2.45, 2.75) is 26.0 Å².